The van der Waals surface area contributed by atoms with Crippen molar-refractivity contribution in [2.45, 2.75) is 53.4 Å². The minimum Gasteiger partial charge on any atom is -0.428 e. The summed E-state index contributed by atoms with van der Waals surface area (Å²) >= 11 is 0. The maximum atomic E-state index is 12.6. The van der Waals surface area contributed by atoms with Crippen molar-refractivity contribution in [1.82, 2.24) is 0 Å². The van der Waals surface area contributed by atoms with Crippen molar-refractivity contribution in [3.63, 3.8) is 0 Å². The molecule has 20 heavy (non-hydrogen) atoms. The lowest BCUT2D eigenvalue weighted by Crippen LogP contribution is -2.27. The van der Waals surface area contributed by atoms with Crippen LogP contribution in [0.15, 0.2) is 48.8 Å². The third-order valence-electron chi connectivity index (χ3n) is 3.93. The van der Waals surface area contributed by atoms with Crippen LogP contribution in [-0.2, 0) is 9.53 Å². The zero-order valence-electron chi connectivity index (χ0n) is 13.4. The highest BCUT2D eigenvalue weighted by Gasteiger charge is 2.35. The first-order chi connectivity index (χ1) is 9.45. The summed E-state index contributed by atoms with van der Waals surface area (Å²) < 4.78 is 5.37. The van der Waals surface area contributed by atoms with E-state index < -0.39 is 0 Å². The molecule has 0 aliphatic rings. The number of carbonyl (C=O) groups excluding carboxylic acids is 1. The zero-order chi connectivity index (χ0) is 15.8. The van der Waals surface area contributed by atoms with Crippen LogP contribution >= 0.6 is 0 Å². The van der Waals surface area contributed by atoms with Crippen molar-refractivity contribution in [2.24, 2.45) is 5.41 Å². The Morgan fingerprint density at radius 3 is 1.95 bits per heavy atom. The summed E-state index contributed by atoms with van der Waals surface area (Å²) in [5.74, 6) is 0.161. The second-order valence-electron chi connectivity index (χ2n) is 4.81. The SMILES string of the molecule is C=CC(CC)=C(C(=O)OC(=C)CC)C(C=C)(CC)CC. The lowest BCUT2D eigenvalue weighted by molar-refractivity contribution is -0.136. The monoisotopic (exact) mass is 276 g/mol. The number of hydrogen-bond acceptors (Lipinski definition) is 2. The number of carbonyl (C=O) groups is 1. The first-order valence-corrected chi connectivity index (χ1v) is 7.35. The normalized spacial score (nSPS) is 12.4. The summed E-state index contributed by atoms with van der Waals surface area (Å²) in [7, 11) is 0. The Kier molecular flexibility index (Phi) is 7.90. The molecule has 0 bridgehead atoms. The van der Waals surface area contributed by atoms with Gasteiger partial charge in [0, 0.05) is 11.8 Å². The third-order valence-corrected chi connectivity index (χ3v) is 3.93. The predicted molar refractivity (Wildman–Crippen MR) is 86.2 cm³/mol. The van der Waals surface area contributed by atoms with Crippen LogP contribution in [0, 0.1) is 5.41 Å². The molecule has 0 amide bonds. The van der Waals surface area contributed by atoms with Gasteiger partial charge in [-0.2, -0.15) is 0 Å². The van der Waals surface area contributed by atoms with Crippen molar-refractivity contribution in [3.05, 3.63) is 48.8 Å². The fourth-order valence-electron chi connectivity index (χ4n) is 2.33. The first-order valence-electron chi connectivity index (χ1n) is 7.35. The molecule has 0 aromatic carbocycles. The molecule has 0 aromatic heterocycles. The van der Waals surface area contributed by atoms with Crippen LogP contribution in [0.25, 0.3) is 0 Å². The minimum atomic E-state index is -0.370. The average Bonchev–Trinajstić information content (AvgIpc) is 2.48. The average molecular weight is 276 g/mol. The van der Waals surface area contributed by atoms with Gasteiger partial charge in [0.15, 0.2) is 0 Å². The molecule has 0 saturated carbocycles. The highest BCUT2D eigenvalue weighted by Crippen LogP contribution is 2.40. The molecular formula is C18H28O2. The van der Waals surface area contributed by atoms with E-state index in [4.69, 9.17) is 4.74 Å². The summed E-state index contributed by atoms with van der Waals surface area (Å²) in [6, 6.07) is 0. The zero-order valence-corrected chi connectivity index (χ0v) is 13.4. The molecule has 112 valence electrons. The van der Waals surface area contributed by atoms with Crippen LogP contribution in [0.4, 0.5) is 0 Å². The van der Waals surface area contributed by atoms with Gasteiger partial charge < -0.3 is 4.74 Å². The molecule has 0 fully saturated rings. The van der Waals surface area contributed by atoms with Crippen molar-refractivity contribution in [1.29, 1.82) is 0 Å². The predicted octanol–water partition coefficient (Wildman–Crippen LogP) is 5.34. The van der Waals surface area contributed by atoms with E-state index in [0.29, 0.717) is 17.8 Å². The number of ether oxygens (including phenoxy) is 1. The van der Waals surface area contributed by atoms with Gasteiger partial charge in [0.1, 0.15) is 5.76 Å². The van der Waals surface area contributed by atoms with E-state index in [9.17, 15) is 4.79 Å². The molecular weight excluding hydrogens is 248 g/mol. The molecule has 0 atom stereocenters. The van der Waals surface area contributed by atoms with E-state index in [0.717, 1.165) is 24.8 Å². The van der Waals surface area contributed by atoms with Crippen LogP contribution in [0.1, 0.15) is 53.4 Å². The van der Waals surface area contributed by atoms with Gasteiger partial charge in [0.05, 0.1) is 5.57 Å². The Bertz CT molecular complexity index is 409. The Balaban J connectivity index is 5.92. The van der Waals surface area contributed by atoms with Gasteiger partial charge in [0.2, 0.25) is 0 Å². The molecule has 0 aliphatic heterocycles. The molecule has 0 rings (SSSR count). The van der Waals surface area contributed by atoms with Gasteiger partial charge in [-0.15, -0.1) is 6.58 Å². The summed E-state index contributed by atoms with van der Waals surface area (Å²) in [5, 5.41) is 0. The lowest BCUT2D eigenvalue weighted by atomic mass is 9.73. The Hall–Kier alpha value is -1.57. The van der Waals surface area contributed by atoms with Gasteiger partial charge in [-0.25, -0.2) is 4.79 Å². The van der Waals surface area contributed by atoms with Crippen molar-refractivity contribution in [3.8, 4) is 0 Å². The quantitative estimate of drug-likeness (QED) is 0.187. The smallest absolute Gasteiger partial charge is 0.340 e. The van der Waals surface area contributed by atoms with Crippen LogP contribution < -0.4 is 0 Å². The molecule has 0 N–H and O–H groups in total. The van der Waals surface area contributed by atoms with E-state index in [1.165, 1.54) is 0 Å². The van der Waals surface area contributed by atoms with Gasteiger partial charge in [0.25, 0.3) is 0 Å². The molecule has 0 unspecified atom stereocenters. The van der Waals surface area contributed by atoms with Crippen LogP contribution in [-0.4, -0.2) is 5.97 Å². The van der Waals surface area contributed by atoms with Gasteiger partial charge in [-0.05, 0) is 24.8 Å². The van der Waals surface area contributed by atoms with E-state index in [-0.39, 0.29) is 11.4 Å². The number of allylic oxidation sites excluding steroid dienone is 4. The summed E-state index contributed by atoms with van der Waals surface area (Å²) in [5.41, 5.74) is 1.22. The molecule has 0 heterocycles. The molecule has 2 heteroatoms. The number of hydrogen-bond donors (Lipinski definition) is 0. The summed E-state index contributed by atoms with van der Waals surface area (Å²) in [6.45, 7) is 19.5. The van der Waals surface area contributed by atoms with E-state index in [1.54, 1.807) is 6.08 Å². The molecule has 0 aromatic rings. The maximum Gasteiger partial charge on any atom is 0.340 e. The molecule has 2 nitrogen and oxygen atoms in total. The standard InChI is InChI=1S/C18H28O2/c1-8-14(7)20-17(19)16(15(9-2)10-3)18(11-4,12-5)13-6/h9,11H,2,4,7-8,10,12-13H2,1,3,5-6H3. The van der Waals surface area contributed by atoms with Gasteiger partial charge >= 0.3 is 5.97 Å². The topological polar surface area (TPSA) is 26.3 Å². The fourth-order valence-corrected chi connectivity index (χ4v) is 2.33. The second kappa shape index (κ2) is 8.57. The highest BCUT2D eigenvalue weighted by molar-refractivity contribution is 5.92. The van der Waals surface area contributed by atoms with Crippen LogP contribution in [0.2, 0.25) is 0 Å². The Morgan fingerprint density at radius 2 is 1.65 bits per heavy atom. The first kappa shape index (κ1) is 18.4. The summed E-state index contributed by atoms with van der Waals surface area (Å²) in [4.78, 5) is 12.6. The van der Waals surface area contributed by atoms with E-state index >= 15 is 0 Å². The Labute approximate surface area is 123 Å². The number of esters is 1. The summed E-state index contributed by atoms with van der Waals surface area (Å²) in [6.07, 6.45) is 6.56. The van der Waals surface area contributed by atoms with Gasteiger partial charge in [-0.3, -0.25) is 0 Å². The lowest BCUT2D eigenvalue weighted by Gasteiger charge is -2.31. The number of rotatable bonds is 9. The molecule has 0 aliphatic carbocycles. The molecule has 0 radical (unpaired) electrons. The minimum absolute atomic E-state index is 0.322. The molecule has 0 saturated heterocycles. The largest absolute Gasteiger partial charge is 0.428 e. The van der Waals surface area contributed by atoms with Crippen LogP contribution in [0.3, 0.4) is 0 Å². The molecule has 0 spiro atoms. The van der Waals surface area contributed by atoms with Crippen molar-refractivity contribution >= 4 is 5.97 Å². The van der Waals surface area contributed by atoms with Crippen molar-refractivity contribution < 1.29 is 9.53 Å². The van der Waals surface area contributed by atoms with Crippen LogP contribution in [0.5, 0.6) is 0 Å². The maximum absolute atomic E-state index is 12.6. The van der Waals surface area contributed by atoms with Crippen molar-refractivity contribution in [2.75, 3.05) is 0 Å². The van der Waals surface area contributed by atoms with Gasteiger partial charge in [-0.1, -0.05) is 53.0 Å². The second-order valence-corrected chi connectivity index (χ2v) is 4.81. The highest BCUT2D eigenvalue weighted by atomic mass is 16.5. The van der Waals surface area contributed by atoms with E-state index in [2.05, 4.69) is 33.6 Å². The third kappa shape index (κ3) is 3.96. The fraction of sp³-hybridized carbons (Fsp3) is 0.500. The Morgan fingerprint density at radius 1 is 1.10 bits per heavy atom. The van der Waals surface area contributed by atoms with E-state index in [1.807, 2.05) is 19.9 Å².